The monoisotopic (exact) mass is 327 g/mol. The first-order valence-electron chi connectivity index (χ1n) is 8.48. The zero-order valence-electron chi connectivity index (χ0n) is 12.8. The standard InChI is InChI=1S/C18H27Cl2N/c19-16-13-10-14-17(20)18(16)21-15-11-8-6-4-2-1-3-5-7-9-12-15/h10,13-15,21H,1-9,11-12H2. The lowest BCUT2D eigenvalue weighted by Gasteiger charge is -2.22. The Balaban J connectivity index is 1.94. The first kappa shape index (κ1) is 17.0. The first-order chi connectivity index (χ1) is 10.3. The lowest BCUT2D eigenvalue weighted by Crippen LogP contribution is -2.20. The number of anilines is 1. The first-order valence-corrected chi connectivity index (χ1v) is 9.23. The molecule has 1 N–H and O–H groups in total. The molecule has 0 heterocycles. The minimum Gasteiger partial charge on any atom is -0.380 e. The molecule has 0 unspecified atom stereocenters. The van der Waals surface area contributed by atoms with E-state index < -0.39 is 0 Å². The van der Waals surface area contributed by atoms with Crippen LogP contribution in [0.25, 0.3) is 0 Å². The summed E-state index contributed by atoms with van der Waals surface area (Å²) in [6, 6.07) is 6.22. The minimum atomic E-state index is 0.502. The van der Waals surface area contributed by atoms with Gasteiger partial charge in [-0.3, -0.25) is 0 Å². The quantitative estimate of drug-likeness (QED) is 0.611. The fourth-order valence-electron chi connectivity index (χ4n) is 3.15. The second-order valence-corrected chi connectivity index (χ2v) is 7.01. The van der Waals surface area contributed by atoms with Crippen molar-refractivity contribution in [2.45, 2.75) is 76.7 Å². The van der Waals surface area contributed by atoms with E-state index >= 15 is 0 Å². The van der Waals surface area contributed by atoms with Crippen LogP contribution in [0.5, 0.6) is 0 Å². The van der Waals surface area contributed by atoms with Crippen LogP contribution in [0.2, 0.25) is 10.0 Å². The molecule has 0 radical (unpaired) electrons. The molecule has 1 aliphatic carbocycles. The Morgan fingerprint density at radius 1 is 0.714 bits per heavy atom. The second-order valence-electron chi connectivity index (χ2n) is 6.20. The number of hydrogen-bond donors (Lipinski definition) is 1. The van der Waals surface area contributed by atoms with Crippen molar-refractivity contribution in [2.24, 2.45) is 0 Å². The molecule has 0 aliphatic heterocycles. The van der Waals surface area contributed by atoms with Crippen molar-refractivity contribution in [2.75, 3.05) is 5.32 Å². The maximum Gasteiger partial charge on any atom is 0.0721 e. The summed E-state index contributed by atoms with van der Waals surface area (Å²) in [5.41, 5.74) is 0.915. The summed E-state index contributed by atoms with van der Waals surface area (Å²) in [6.07, 6.45) is 14.8. The van der Waals surface area contributed by atoms with Gasteiger partial charge in [0.15, 0.2) is 0 Å². The Hall–Kier alpha value is -0.400. The van der Waals surface area contributed by atoms with Gasteiger partial charge in [-0.15, -0.1) is 0 Å². The van der Waals surface area contributed by atoms with Crippen LogP contribution in [0.4, 0.5) is 5.69 Å². The van der Waals surface area contributed by atoms with Gasteiger partial charge in [0, 0.05) is 6.04 Å². The Bertz CT molecular complexity index is 387. The van der Waals surface area contributed by atoms with Gasteiger partial charge in [0.1, 0.15) is 0 Å². The Morgan fingerprint density at radius 3 is 1.62 bits per heavy atom. The van der Waals surface area contributed by atoms with Gasteiger partial charge in [-0.25, -0.2) is 0 Å². The molecule has 1 aliphatic rings. The maximum absolute atomic E-state index is 6.28. The molecule has 1 aromatic rings. The topological polar surface area (TPSA) is 12.0 Å². The highest BCUT2D eigenvalue weighted by molar-refractivity contribution is 6.39. The molecule has 1 nitrogen and oxygen atoms in total. The van der Waals surface area contributed by atoms with Gasteiger partial charge in [0.2, 0.25) is 0 Å². The van der Waals surface area contributed by atoms with E-state index in [9.17, 15) is 0 Å². The van der Waals surface area contributed by atoms with Crippen molar-refractivity contribution in [3.8, 4) is 0 Å². The number of halogens is 2. The third kappa shape index (κ3) is 6.08. The molecule has 2 rings (SSSR count). The molecule has 0 spiro atoms. The summed E-state index contributed by atoms with van der Waals surface area (Å²) in [4.78, 5) is 0. The van der Waals surface area contributed by atoms with Crippen LogP contribution in [0.1, 0.15) is 70.6 Å². The van der Waals surface area contributed by atoms with Crippen LogP contribution >= 0.6 is 23.2 Å². The molecular formula is C18H27Cl2N. The minimum absolute atomic E-state index is 0.502. The zero-order chi connectivity index (χ0) is 14.9. The predicted octanol–water partition coefficient (Wildman–Crippen LogP) is 7.08. The smallest absolute Gasteiger partial charge is 0.0721 e. The Morgan fingerprint density at radius 2 is 1.14 bits per heavy atom. The van der Waals surface area contributed by atoms with Gasteiger partial charge in [-0.1, -0.05) is 87.1 Å². The van der Waals surface area contributed by atoms with Crippen LogP contribution in [0.3, 0.4) is 0 Å². The van der Waals surface area contributed by atoms with Crippen molar-refractivity contribution in [1.29, 1.82) is 0 Å². The summed E-state index contributed by atoms with van der Waals surface area (Å²) >= 11 is 12.6. The average molecular weight is 328 g/mol. The summed E-state index contributed by atoms with van der Waals surface area (Å²) in [7, 11) is 0. The highest BCUT2D eigenvalue weighted by atomic mass is 35.5. The van der Waals surface area contributed by atoms with Crippen LogP contribution in [0, 0.1) is 0 Å². The third-order valence-electron chi connectivity index (χ3n) is 4.42. The van der Waals surface area contributed by atoms with E-state index in [4.69, 9.17) is 23.2 Å². The molecule has 0 aromatic heterocycles. The third-order valence-corrected chi connectivity index (χ3v) is 5.05. The normalized spacial score (nSPS) is 19.5. The molecule has 21 heavy (non-hydrogen) atoms. The Labute approximate surface area is 139 Å². The van der Waals surface area contributed by atoms with E-state index in [1.54, 1.807) is 0 Å². The predicted molar refractivity (Wildman–Crippen MR) is 94.7 cm³/mol. The highest BCUT2D eigenvalue weighted by Crippen LogP contribution is 2.32. The molecule has 0 bridgehead atoms. The van der Waals surface area contributed by atoms with Gasteiger partial charge in [-0.2, -0.15) is 0 Å². The van der Waals surface area contributed by atoms with Gasteiger partial charge in [0.05, 0.1) is 15.7 Å². The van der Waals surface area contributed by atoms with Crippen molar-refractivity contribution >= 4 is 28.9 Å². The molecule has 1 aromatic carbocycles. The maximum atomic E-state index is 6.28. The number of nitrogens with one attached hydrogen (secondary N) is 1. The number of benzene rings is 1. The van der Waals surface area contributed by atoms with Crippen molar-refractivity contribution < 1.29 is 0 Å². The fourth-order valence-corrected chi connectivity index (χ4v) is 3.65. The molecule has 3 heteroatoms. The van der Waals surface area contributed by atoms with E-state index in [0.717, 1.165) is 15.7 Å². The lowest BCUT2D eigenvalue weighted by molar-refractivity contribution is 0.480. The molecule has 0 saturated heterocycles. The zero-order valence-corrected chi connectivity index (χ0v) is 14.4. The second kappa shape index (κ2) is 9.58. The van der Waals surface area contributed by atoms with Gasteiger partial charge < -0.3 is 5.32 Å². The largest absolute Gasteiger partial charge is 0.380 e. The van der Waals surface area contributed by atoms with Gasteiger partial charge in [0.25, 0.3) is 0 Å². The molecule has 1 saturated carbocycles. The number of hydrogen-bond acceptors (Lipinski definition) is 1. The van der Waals surface area contributed by atoms with Crippen LogP contribution in [-0.4, -0.2) is 6.04 Å². The van der Waals surface area contributed by atoms with Gasteiger partial charge in [-0.05, 0) is 25.0 Å². The summed E-state index contributed by atoms with van der Waals surface area (Å²) < 4.78 is 0. The number of para-hydroxylation sites is 1. The number of rotatable bonds is 2. The fraction of sp³-hybridized carbons (Fsp3) is 0.667. The highest BCUT2D eigenvalue weighted by Gasteiger charge is 2.13. The molecule has 0 atom stereocenters. The average Bonchev–Trinajstić information content (AvgIpc) is 2.45. The van der Waals surface area contributed by atoms with Gasteiger partial charge >= 0.3 is 0 Å². The van der Waals surface area contributed by atoms with E-state index in [1.807, 2.05) is 18.2 Å². The summed E-state index contributed by atoms with van der Waals surface area (Å²) in [6.45, 7) is 0. The van der Waals surface area contributed by atoms with E-state index in [2.05, 4.69) is 5.32 Å². The van der Waals surface area contributed by atoms with Crippen LogP contribution in [-0.2, 0) is 0 Å². The molecule has 0 amide bonds. The van der Waals surface area contributed by atoms with E-state index in [-0.39, 0.29) is 0 Å². The van der Waals surface area contributed by atoms with Crippen molar-refractivity contribution in [3.63, 3.8) is 0 Å². The lowest BCUT2D eigenvalue weighted by atomic mass is 9.98. The Kier molecular flexibility index (Phi) is 7.74. The molecule has 118 valence electrons. The molecular weight excluding hydrogens is 301 g/mol. The van der Waals surface area contributed by atoms with E-state index in [0.29, 0.717) is 6.04 Å². The molecule has 1 fully saturated rings. The summed E-state index contributed by atoms with van der Waals surface area (Å²) in [5.74, 6) is 0. The van der Waals surface area contributed by atoms with Crippen molar-refractivity contribution in [1.82, 2.24) is 0 Å². The van der Waals surface area contributed by atoms with Crippen molar-refractivity contribution in [3.05, 3.63) is 28.2 Å². The van der Waals surface area contributed by atoms with E-state index in [1.165, 1.54) is 70.6 Å². The summed E-state index contributed by atoms with van der Waals surface area (Å²) in [5, 5.41) is 5.07. The SMILES string of the molecule is Clc1cccc(Cl)c1NC1CCCCCCCCCCC1. The van der Waals surface area contributed by atoms with Crippen LogP contribution in [0.15, 0.2) is 18.2 Å². The van der Waals surface area contributed by atoms with Crippen LogP contribution < -0.4 is 5.32 Å².